The molecule has 1 saturated carbocycles. The molecule has 1 aliphatic carbocycles. The van der Waals surface area contributed by atoms with Crippen LogP contribution in [0.1, 0.15) is 43.6 Å². The van der Waals surface area contributed by atoms with Gasteiger partial charge in [0, 0.05) is 6.42 Å². The Morgan fingerprint density at radius 2 is 1.70 bits per heavy atom. The van der Waals surface area contributed by atoms with Gasteiger partial charge in [0.05, 0.1) is 0 Å². The summed E-state index contributed by atoms with van der Waals surface area (Å²) in [6, 6.07) is 15.2. The standard InChI is InChI=1S/C18H20O2/c19-18(20)11-13-5-7-15(8-6-13)17-10-9-14-3-1-2-4-16(14)12-17/h1-4,9-10,12-13,15H,5-8,11H2,(H,19,20). The van der Waals surface area contributed by atoms with E-state index in [4.69, 9.17) is 5.11 Å². The van der Waals surface area contributed by atoms with Gasteiger partial charge in [-0.1, -0.05) is 42.5 Å². The molecule has 0 atom stereocenters. The van der Waals surface area contributed by atoms with Gasteiger partial charge in [-0.2, -0.15) is 0 Å². The van der Waals surface area contributed by atoms with Crippen LogP contribution >= 0.6 is 0 Å². The molecule has 0 aliphatic heterocycles. The summed E-state index contributed by atoms with van der Waals surface area (Å²) in [5, 5.41) is 11.5. The average molecular weight is 268 g/mol. The largest absolute Gasteiger partial charge is 0.481 e. The lowest BCUT2D eigenvalue weighted by molar-refractivity contribution is -0.138. The highest BCUT2D eigenvalue weighted by molar-refractivity contribution is 5.83. The minimum absolute atomic E-state index is 0.338. The van der Waals surface area contributed by atoms with E-state index >= 15 is 0 Å². The second-order valence-electron chi connectivity index (χ2n) is 5.92. The van der Waals surface area contributed by atoms with Crippen LogP contribution in [0, 0.1) is 5.92 Å². The third-order valence-electron chi connectivity index (χ3n) is 4.55. The molecule has 0 amide bonds. The molecular formula is C18H20O2. The van der Waals surface area contributed by atoms with Gasteiger partial charge in [0.25, 0.3) is 0 Å². The van der Waals surface area contributed by atoms with Crippen molar-refractivity contribution in [1.82, 2.24) is 0 Å². The minimum Gasteiger partial charge on any atom is -0.481 e. The summed E-state index contributed by atoms with van der Waals surface area (Å²) in [7, 11) is 0. The van der Waals surface area contributed by atoms with Gasteiger partial charge in [0.1, 0.15) is 0 Å². The lowest BCUT2D eigenvalue weighted by Gasteiger charge is -2.28. The highest BCUT2D eigenvalue weighted by Gasteiger charge is 2.23. The van der Waals surface area contributed by atoms with E-state index in [-0.39, 0.29) is 0 Å². The van der Waals surface area contributed by atoms with E-state index in [1.54, 1.807) is 0 Å². The molecule has 1 fully saturated rings. The third-order valence-corrected chi connectivity index (χ3v) is 4.55. The topological polar surface area (TPSA) is 37.3 Å². The Kier molecular flexibility index (Phi) is 3.72. The maximum absolute atomic E-state index is 10.8. The fourth-order valence-electron chi connectivity index (χ4n) is 3.41. The maximum Gasteiger partial charge on any atom is 0.303 e. The molecule has 0 heterocycles. The Morgan fingerprint density at radius 3 is 2.40 bits per heavy atom. The Labute approximate surface area is 119 Å². The van der Waals surface area contributed by atoms with Crippen molar-refractivity contribution in [3.05, 3.63) is 48.0 Å². The smallest absolute Gasteiger partial charge is 0.303 e. The van der Waals surface area contributed by atoms with E-state index in [0.29, 0.717) is 18.3 Å². The number of benzene rings is 2. The van der Waals surface area contributed by atoms with E-state index in [1.807, 2.05) is 0 Å². The van der Waals surface area contributed by atoms with Gasteiger partial charge >= 0.3 is 5.97 Å². The lowest BCUT2D eigenvalue weighted by Crippen LogP contribution is -2.16. The molecule has 104 valence electrons. The molecule has 2 aromatic carbocycles. The van der Waals surface area contributed by atoms with Crippen LogP contribution in [-0.2, 0) is 4.79 Å². The molecule has 2 nitrogen and oxygen atoms in total. The van der Waals surface area contributed by atoms with E-state index < -0.39 is 5.97 Å². The maximum atomic E-state index is 10.8. The van der Waals surface area contributed by atoms with Crippen molar-refractivity contribution in [2.45, 2.75) is 38.0 Å². The van der Waals surface area contributed by atoms with E-state index in [0.717, 1.165) is 25.7 Å². The normalized spacial score (nSPS) is 22.8. The Morgan fingerprint density at radius 1 is 1.00 bits per heavy atom. The van der Waals surface area contributed by atoms with E-state index in [2.05, 4.69) is 42.5 Å². The number of carboxylic acids is 1. The number of aliphatic carboxylic acids is 1. The van der Waals surface area contributed by atoms with Crippen LogP contribution in [0.4, 0.5) is 0 Å². The molecule has 2 heteroatoms. The summed E-state index contributed by atoms with van der Waals surface area (Å²) >= 11 is 0. The Balaban J connectivity index is 1.71. The van der Waals surface area contributed by atoms with Crippen molar-refractivity contribution >= 4 is 16.7 Å². The van der Waals surface area contributed by atoms with Gasteiger partial charge in [0.2, 0.25) is 0 Å². The van der Waals surface area contributed by atoms with Crippen LogP contribution in [0.3, 0.4) is 0 Å². The molecule has 0 saturated heterocycles. The van der Waals surface area contributed by atoms with Crippen LogP contribution in [-0.4, -0.2) is 11.1 Å². The van der Waals surface area contributed by atoms with Gasteiger partial charge in [0.15, 0.2) is 0 Å². The van der Waals surface area contributed by atoms with Crippen LogP contribution < -0.4 is 0 Å². The van der Waals surface area contributed by atoms with E-state index in [1.165, 1.54) is 16.3 Å². The van der Waals surface area contributed by atoms with Gasteiger partial charge in [-0.15, -0.1) is 0 Å². The lowest BCUT2D eigenvalue weighted by atomic mass is 9.77. The predicted molar refractivity (Wildman–Crippen MR) is 80.9 cm³/mol. The van der Waals surface area contributed by atoms with Crippen molar-refractivity contribution in [2.24, 2.45) is 5.92 Å². The number of fused-ring (bicyclic) bond motifs is 1. The summed E-state index contributed by atoms with van der Waals surface area (Å²) < 4.78 is 0. The summed E-state index contributed by atoms with van der Waals surface area (Å²) in [6.45, 7) is 0. The molecule has 0 unspecified atom stereocenters. The van der Waals surface area contributed by atoms with Crippen molar-refractivity contribution in [2.75, 3.05) is 0 Å². The van der Waals surface area contributed by atoms with Crippen molar-refractivity contribution in [3.63, 3.8) is 0 Å². The zero-order chi connectivity index (χ0) is 13.9. The third kappa shape index (κ3) is 2.84. The second kappa shape index (κ2) is 5.66. The van der Waals surface area contributed by atoms with Gasteiger partial charge in [-0.3, -0.25) is 4.79 Å². The molecule has 1 N–H and O–H groups in total. The van der Waals surface area contributed by atoms with Crippen molar-refractivity contribution in [1.29, 1.82) is 0 Å². The second-order valence-corrected chi connectivity index (χ2v) is 5.92. The average Bonchev–Trinajstić information content (AvgIpc) is 2.47. The molecule has 1 aliphatic rings. The predicted octanol–water partition coefficient (Wildman–Crippen LogP) is 4.59. The van der Waals surface area contributed by atoms with Crippen LogP contribution in [0.15, 0.2) is 42.5 Å². The monoisotopic (exact) mass is 268 g/mol. The zero-order valence-corrected chi connectivity index (χ0v) is 11.6. The van der Waals surface area contributed by atoms with E-state index in [9.17, 15) is 4.79 Å². The number of carboxylic acid groups (broad SMARTS) is 1. The molecule has 20 heavy (non-hydrogen) atoms. The van der Waals surface area contributed by atoms with Gasteiger partial charge < -0.3 is 5.11 Å². The molecule has 2 aromatic rings. The molecule has 0 radical (unpaired) electrons. The number of hydrogen-bond acceptors (Lipinski definition) is 1. The molecular weight excluding hydrogens is 248 g/mol. The summed E-state index contributed by atoms with van der Waals surface area (Å²) in [6.07, 6.45) is 4.67. The van der Waals surface area contributed by atoms with Gasteiger partial charge in [-0.05, 0) is 53.9 Å². The first-order valence-electron chi connectivity index (χ1n) is 7.43. The summed E-state index contributed by atoms with van der Waals surface area (Å²) in [5.41, 5.74) is 1.41. The molecule has 0 aromatic heterocycles. The SMILES string of the molecule is O=C(O)CC1CCC(c2ccc3ccccc3c2)CC1. The Bertz CT molecular complexity index is 610. The molecule has 0 bridgehead atoms. The van der Waals surface area contributed by atoms with Crippen LogP contribution in [0.5, 0.6) is 0 Å². The highest BCUT2D eigenvalue weighted by atomic mass is 16.4. The van der Waals surface area contributed by atoms with Gasteiger partial charge in [-0.25, -0.2) is 0 Å². The fraction of sp³-hybridized carbons (Fsp3) is 0.389. The summed E-state index contributed by atoms with van der Waals surface area (Å²) in [4.78, 5) is 10.8. The molecule has 0 spiro atoms. The zero-order valence-electron chi connectivity index (χ0n) is 11.6. The highest BCUT2D eigenvalue weighted by Crippen LogP contribution is 2.37. The first-order valence-corrected chi connectivity index (χ1v) is 7.43. The first-order chi connectivity index (χ1) is 9.72. The van der Waals surface area contributed by atoms with Crippen molar-refractivity contribution < 1.29 is 9.90 Å². The van der Waals surface area contributed by atoms with Crippen molar-refractivity contribution in [3.8, 4) is 0 Å². The number of carbonyl (C=O) groups is 1. The summed E-state index contributed by atoms with van der Waals surface area (Å²) in [5.74, 6) is 0.327. The van der Waals surface area contributed by atoms with Crippen LogP contribution in [0.2, 0.25) is 0 Å². The fourth-order valence-corrected chi connectivity index (χ4v) is 3.41. The Hall–Kier alpha value is -1.83. The molecule has 3 rings (SSSR count). The number of rotatable bonds is 3. The first kappa shape index (κ1) is 13.2. The minimum atomic E-state index is -0.654. The number of hydrogen-bond donors (Lipinski definition) is 1. The quantitative estimate of drug-likeness (QED) is 0.884. The van der Waals surface area contributed by atoms with Crippen LogP contribution in [0.25, 0.3) is 10.8 Å².